The maximum atomic E-state index is 5.59. The highest BCUT2D eigenvalue weighted by Gasteiger charge is 2.13. The van der Waals surface area contributed by atoms with E-state index in [1.165, 1.54) is 24.2 Å². The van der Waals surface area contributed by atoms with Crippen LogP contribution < -0.4 is 5.32 Å². The summed E-state index contributed by atoms with van der Waals surface area (Å²) >= 11 is 4.78. The Bertz CT molecular complexity index is 288. The normalized spacial score (nSPS) is 22.2. The van der Waals surface area contributed by atoms with Crippen molar-refractivity contribution in [3.05, 3.63) is 3.92 Å². The second-order valence-corrected chi connectivity index (χ2v) is 5.48. The summed E-state index contributed by atoms with van der Waals surface area (Å²) in [7, 11) is 0. The minimum absolute atomic E-state index is 0.339. The number of anilines is 1. The Hall–Kier alpha value is -0.200. The fraction of sp³-hybridized carbons (Fsp3) is 0.750. The van der Waals surface area contributed by atoms with Crippen molar-refractivity contribution in [1.29, 1.82) is 0 Å². The fourth-order valence-electron chi connectivity index (χ4n) is 1.45. The Kier molecular flexibility index (Phi) is 3.72. The molecule has 0 aliphatic carbocycles. The Morgan fingerprint density at radius 3 is 3.07 bits per heavy atom. The van der Waals surface area contributed by atoms with Gasteiger partial charge in [0.05, 0.1) is 6.10 Å². The van der Waals surface area contributed by atoms with Crippen molar-refractivity contribution in [2.45, 2.75) is 25.4 Å². The molecule has 1 aromatic heterocycles. The van der Waals surface area contributed by atoms with Crippen molar-refractivity contribution < 1.29 is 4.74 Å². The lowest BCUT2D eigenvalue weighted by molar-refractivity contribution is 0.0247. The molecule has 1 N–H and O–H groups in total. The molecule has 4 nitrogen and oxygen atoms in total. The van der Waals surface area contributed by atoms with Crippen molar-refractivity contribution in [1.82, 2.24) is 10.2 Å². The van der Waals surface area contributed by atoms with Gasteiger partial charge in [0.15, 0.2) is 3.92 Å². The highest BCUT2D eigenvalue weighted by Crippen LogP contribution is 2.20. The van der Waals surface area contributed by atoms with Crippen LogP contribution in [0.3, 0.4) is 0 Å². The van der Waals surface area contributed by atoms with E-state index in [4.69, 9.17) is 4.74 Å². The summed E-state index contributed by atoms with van der Waals surface area (Å²) in [6, 6.07) is 0. The average Bonchev–Trinajstić information content (AvgIpc) is 2.63. The van der Waals surface area contributed by atoms with Crippen LogP contribution in [0, 0.1) is 0 Å². The lowest BCUT2D eigenvalue weighted by Gasteiger charge is -2.22. The second-order valence-electron chi connectivity index (χ2n) is 3.23. The van der Waals surface area contributed by atoms with Crippen LogP contribution >= 0.6 is 27.3 Å². The number of nitrogens with zero attached hydrogens (tertiary/aromatic N) is 2. The average molecular weight is 278 g/mol. The van der Waals surface area contributed by atoms with E-state index in [-0.39, 0.29) is 0 Å². The maximum absolute atomic E-state index is 5.59. The molecule has 0 spiro atoms. The summed E-state index contributed by atoms with van der Waals surface area (Å²) in [4.78, 5) is 0. The first-order chi connectivity index (χ1) is 6.84. The van der Waals surface area contributed by atoms with Gasteiger partial charge in [0.2, 0.25) is 5.13 Å². The van der Waals surface area contributed by atoms with Crippen LogP contribution in [-0.2, 0) is 4.74 Å². The lowest BCUT2D eigenvalue weighted by atomic mass is 10.1. The molecule has 14 heavy (non-hydrogen) atoms. The molecule has 1 aliphatic rings. The van der Waals surface area contributed by atoms with Gasteiger partial charge in [-0.3, -0.25) is 0 Å². The third-order valence-corrected chi connectivity index (χ3v) is 3.47. The predicted molar refractivity (Wildman–Crippen MR) is 59.7 cm³/mol. The van der Waals surface area contributed by atoms with Gasteiger partial charge in [0.1, 0.15) is 0 Å². The first kappa shape index (κ1) is 10.3. The van der Waals surface area contributed by atoms with Crippen LogP contribution in [-0.4, -0.2) is 29.5 Å². The summed E-state index contributed by atoms with van der Waals surface area (Å²) in [6.45, 7) is 1.73. The number of hydrogen-bond donors (Lipinski definition) is 1. The van der Waals surface area contributed by atoms with Crippen molar-refractivity contribution in [3.8, 4) is 0 Å². The Morgan fingerprint density at radius 2 is 2.43 bits per heavy atom. The van der Waals surface area contributed by atoms with Crippen molar-refractivity contribution in [3.63, 3.8) is 0 Å². The van der Waals surface area contributed by atoms with Gasteiger partial charge in [-0.2, -0.15) is 0 Å². The number of rotatable bonds is 3. The zero-order chi connectivity index (χ0) is 9.80. The van der Waals surface area contributed by atoms with Crippen molar-refractivity contribution >= 4 is 32.4 Å². The number of ether oxygens (including phenoxy) is 1. The molecular weight excluding hydrogens is 266 g/mol. The van der Waals surface area contributed by atoms with Crippen LogP contribution in [0.5, 0.6) is 0 Å². The van der Waals surface area contributed by atoms with Gasteiger partial charge in [-0.05, 0) is 35.2 Å². The van der Waals surface area contributed by atoms with Crippen molar-refractivity contribution in [2.75, 3.05) is 18.5 Å². The molecule has 1 atom stereocenters. The summed E-state index contributed by atoms with van der Waals surface area (Å²) in [5.41, 5.74) is 0. The van der Waals surface area contributed by atoms with Gasteiger partial charge in [-0.15, -0.1) is 10.2 Å². The molecule has 0 aromatic carbocycles. The van der Waals surface area contributed by atoms with Gasteiger partial charge in [-0.1, -0.05) is 11.3 Å². The monoisotopic (exact) mass is 277 g/mol. The molecule has 0 radical (unpaired) electrons. The lowest BCUT2D eigenvalue weighted by Crippen LogP contribution is -2.26. The highest BCUT2D eigenvalue weighted by atomic mass is 79.9. The summed E-state index contributed by atoms with van der Waals surface area (Å²) < 4.78 is 6.40. The molecule has 0 saturated carbocycles. The Labute approximate surface area is 95.2 Å². The third kappa shape index (κ3) is 2.90. The van der Waals surface area contributed by atoms with Gasteiger partial charge < -0.3 is 10.1 Å². The van der Waals surface area contributed by atoms with Crippen LogP contribution in [0.25, 0.3) is 0 Å². The molecule has 78 valence electrons. The molecule has 1 saturated heterocycles. The van der Waals surface area contributed by atoms with E-state index in [0.29, 0.717) is 6.10 Å². The summed E-state index contributed by atoms with van der Waals surface area (Å²) in [5.74, 6) is 0. The number of aromatic nitrogens is 2. The van der Waals surface area contributed by atoms with E-state index in [9.17, 15) is 0 Å². The van der Waals surface area contributed by atoms with Crippen LogP contribution in [0.1, 0.15) is 19.3 Å². The third-order valence-electron chi connectivity index (χ3n) is 2.16. The zero-order valence-electron chi connectivity index (χ0n) is 7.70. The first-order valence-corrected chi connectivity index (χ1v) is 6.30. The van der Waals surface area contributed by atoms with E-state index < -0.39 is 0 Å². The molecule has 1 aromatic rings. The van der Waals surface area contributed by atoms with E-state index in [2.05, 4.69) is 31.4 Å². The number of hydrogen-bond acceptors (Lipinski definition) is 5. The largest absolute Gasteiger partial charge is 0.376 e. The molecule has 0 amide bonds. The van der Waals surface area contributed by atoms with E-state index in [0.717, 1.165) is 28.6 Å². The quantitative estimate of drug-likeness (QED) is 0.921. The fourth-order valence-corrected chi connectivity index (χ4v) is 2.46. The maximum Gasteiger partial charge on any atom is 0.206 e. The molecule has 1 unspecified atom stereocenters. The molecular formula is C8H12BrN3OS. The van der Waals surface area contributed by atoms with Crippen molar-refractivity contribution in [2.24, 2.45) is 0 Å². The second kappa shape index (κ2) is 5.04. The topological polar surface area (TPSA) is 47.0 Å². The van der Waals surface area contributed by atoms with Gasteiger partial charge in [0.25, 0.3) is 0 Å². The molecule has 1 fully saturated rings. The minimum Gasteiger partial charge on any atom is -0.376 e. The Balaban J connectivity index is 1.76. The molecule has 2 heterocycles. The zero-order valence-corrected chi connectivity index (χ0v) is 10.1. The molecule has 2 rings (SSSR count). The van der Waals surface area contributed by atoms with E-state index in [1.807, 2.05) is 0 Å². The number of halogens is 1. The van der Waals surface area contributed by atoms with Crippen LogP contribution in [0.4, 0.5) is 5.13 Å². The highest BCUT2D eigenvalue weighted by molar-refractivity contribution is 9.11. The predicted octanol–water partition coefficient (Wildman–Crippen LogP) is 2.28. The van der Waals surface area contributed by atoms with E-state index >= 15 is 0 Å². The van der Waals surface area contributed by atoms with Crippen LogP contribution in [0.2, 0.25) is 0 Å². The summed E-state index contributed by atoms with van der Waals surface area (Å²) in [5, 5.41) is 11.9. The number of nitrogens with one attached hydrogen (secondary N) is 1. The Morgan fingerprint density at radius 1 is 1.50 bits per heavy atom. The SMILES string of the molecule is Brc1nnc(NCC2CCCCO2)s1. The first-order valence-electron chi connectivity index (χ1n) is 4.69. The van der Waals surface area contributed by atoms with Gasteiger partial charge in [0, 0.05) is 13.2 Å². The summed E-state index contributed by atoms with van der Waals surface area (Å²) in [6.07, 6.45) is 3.95. The molecule has 6 heteroatoms. The molecule has 0 bridgehead atoms. The molecule has 1 aliphatic heterocycles. The van der Waals surface area contributed by atoms with Gasteiger partial charge in [-0.25, -0.2) is 0 Å². The standard InChI is InChI=1S/C8H12BrN3OS/c9-7-11-12-8(14-7)10-5-6-3-1-2-4-13-6/h6H,1-5H2,(H,10,12). The smallest absolute Gasteiger partial charge is 0.206 e. The van der Waals surface area contributed by atoms with E-state index in [1.54, 1.807) is 0 Å². The van der Waals surface area contributed by atoms with Gasteiger partial charge >= 0.3 is 0 Å². The minimum atomic E-state index is 0.339. The van der Waals surface area contributed by atoms with Crippen LogP contribution in [0.15, 0.2) is 3.92 Å².